The van der Waals surface area contributed by atoms with Crippen molar-refractivity contribution in [3.05, 3.63) is 23.8 Å². The first kappa shape index (κ1) is 9.48. The lowest BCUT2D eigenvalue weighted by Gasteiger charge is -1.89. The molecule has 0 nitrogen and oxygen atoms in total. The van der Waals surface area contributed by atoms with Gasteiger partial charge in [-0.25, -0.2) is 0 Å². The molecule has 0 rings (SSSR count). The van der Waals surface area contributed by atoms with Crippen molar-refractivity contribution < 1.29 is 0 Å². The molecule has 0 bridgehead atoms. The molecule has 0 N–H and O–H groups in total. The standard InChI is InChI=1S/C10H18/c1-4-6-7-8-9-10(3)5-2/h5,8-9H,4,6-7H2,1-3H3. The average molecular weight is 138 g/mol. The molecule has 0 radical (unpaired) electrons. The molecule has 0 aliphatic carbocycles. The van der Waals surface area contributed by atoms with E-state index in [1.165, 1.54) is 24.8 Å². The lowest BCUT2D eigenvalue weighted by Crippen LogP contribution is -1.68. The second-order valence-corrected chi connectivity index (χ2v) is 2.58. The largest absolute Gasteiger partial charge is 0.0847 e. The van der Waals surface area contributed by atoms with Gasteiger partial charge in [-0.05, 0) is 20.3 Å². The number of allylic oxidation sites excluding steroid dienone is 4. The smallest absolute Gasteiger partial charge is 0.0348 e. The summed E-state index contributed by atoms with van der Waals surface area (Å²) in [5.41, 5.74) is 1.36. The van der Waals surface area contributed by atoms with Crippen molar-refractivity contribution in [2.24, 2.45) is 0 Å². The van der Waals surface area contributed by atoms with Gasteiger partial charge in [0, 0.05) is 0 Å². The minimum Gasteiger partial charge on any atom is -0.0847 e. The van der Waals surface area contributed by atoms with Crippen molar-refractivity contribution in [1.29, 1.82) is 0 Å². The molecular weight excluding hydrogens is 120 g/mol. The Balaban J connectivity index is 3.37. The summed E-state index contributed by atoms with van der Waals surface area (Å²) in [6, 6.07) is 0. The van der Waals surface area contributed by atoms with Gasteiger partial charge in [-0.2, -0.15) is 0 Å². The van der Waals surface area contributed by atoms with E-state index in [4.69, 9.17) is 0 Å². The molecule has 0 heteroatoms. The fraction of sp³-hybridized carbons (Fsp3) is 0.600. The third kappa shape index (κ3) is 5.61. The minimum atomic E-state index is 1.22. The van der Waals surface area contributed by atoms with Crippen LogP contribution in [0.3, 0.4) is 0 Å². The van der Waals surface area contributed by atoms with E-state index in [1.54, 1.807) is 0 Å². The average Bonchev–Trinajstić information content (AvgIpc) is 1.98. The van der Waals surface area contributed by atoms with Gasteiger partial charge < -0.3 is 0 Å². The van der Waals surface area contributed by atoms with Crippen molar-refractivity contribution in [3.8, 4) is 0 Å². The first-order chi connectivity index (χ1) is 4.81. The zero-order chi connectivity index (χ0) is 7.82. The molecule has 0 fully saturated rings. The molecule has 0 aromatic rings. The van der Waals surface area contributed by atoms with Crippen LogP contribution in [0.5, 0.6) is 0 Å². The zero-order valence-electron chi connectivity index (χ0n) is 7.35. The minimum absolute atomic E-state index is 1.22. The van der Waals surface area contributed by atoms with E-state index in [9.17, 15) is 0 Å². The highest BCUT2D eigenvalue weighted by Gasteiger charge is 1.78. The van der Waals surface area contributed by atoms with Gasteiger partial charge in [0.25, 0.3) is 0 Å². The van der Waals surface area contributed by atoms with Crippen LogP contribution < -0.4 is 0 Å². The maximum absolute atomic E-state index is 2.25. The van der Waals surface area contributed by atoms with Crippen LogP contribution in [0.4, 0.5) is 0 Å². The molecular formula is C10H18. The van der Waals surface area contributed by atoms with E-state index >= 15 is 0 Å². The Morgan fingerprint density at radius 3 is 2.60 bits per heavy atom. The highest BCUT2D eigenvalue weighted by atomic mass is 13.8. The number of rotatable bonds is 4. The number of unbranched alkanes of at least 4 members (excludes halogenated alkanes) is 2. The Kier molecular flexibility index (Phi) is 6.25. The Hall–Kier alpha value is -0.520. The molecule has 0 saturated heterocycles. The molecule has 0 aromatic heterocycles. The third-order valence-corrected chi connectivity index (χ3v) is 1.56. The molecule has 0 aliphatic rings. The maximum Gasteiger partial charge on any atom is -0.0348 e. The van der Waals surface area contributed by atoms with Crippen LogP contribution in [0, 0.1) is 0 Å². The fourth-order valence-electron chi connectivity index (χ4n) is 0.687. The van der Waals surface area contributed by atoms with E-state index in [1.807, 2.05) is 0 Å². The van der Waals surface area contributed by atoms with Gasteiger partial charge in [0.05, 0.1) is 0 Å². The van der Waals surface area contributed by atoms with Crippen molar-refractivity contribution >= 4 is 0 Å². The van der Waals surface area contributed by atoms with Crippen LogP contribution in [0.1, 0.15) is 40.0 Å². The topological polar surface area (TPSA) is 0 Å². The van der Waals surface area contributed by atoms with Gasteiger partial charge in [0.2, 0.25) is 0 Å². The first-order valence-electron chi connectivity index (χ1n) is 4.10. The van der Waals surface area contributed by atoms with Gasteiger partial charge >= 0.3 is 0 Å². The summed E-state index contributed by atoms with van der Waals surface area (Å²) in [4.78, 5) is 0. The second-order valence-electron chi connectivity index (χ2n) is 2.58. The molecule has 0 saturated carbocycles. The second kappa shape index (κ2) is 6.60. The van der Waals surface area contributed by atoms with Crippen LogP contribution >= 0.6 is 0 Å². The number of hydrogen-bond acceptors (Lipinski definition) is 0. The van der Waals surface area contributed by atoms with E-state index in [0.29, 0.717) is 0 Å². The highest BCUT2D eigenvalue weighted by Crippen LogP contribution is 1.99. The fourth-order valence-corrected chi connectivity index (χ4v) is 0.687. The monoisotopic (exact) mass is 138 g/mol. The van der Waals surface area contributed by atoms with Crippen LogP contribution in [0.15, 0.2) is 23.8 Å². The normalized spacial score (nSPS) is 12.9. The van der Waals surface area contributed by atoms with E-state index < -0.39 is 0 Å². The molecule has 0 aromatic carbocycles. The summed E-state index contributed by atoms with van der Waals surface area (Å²) in [5.74, 6) is 0. The predicted molar refractivity (Wildman–Crippen MR) is 48.1 cm³/mol. The highest BCUT2D eigenvalue weighted by molar-refractivity contribution is 5.14. The van der Waals surface area contributed by atoms with Gasteiger partial charge in [-0.3, -0.25) is 0 Å². The number of hydrogen-bond donors (Lipinski definition) is 0. The summed E-state index contributed by atoms with van der Waals surface area (Å²) in [5, 5.41) is 0. The van der Waals surface area contributed by atoms with Crippen molar-refractivity contribution in [3.63, 3.8) is 0 Å². The first-order valence-corrected chi connectivity index (χ1v) is 4.10. The molecule has 0 spiro atoms. The Morgan fingerprint density at radius 2 is 2.10 bits per heavy atom. The van der Waals surface area contributed by atoms with Crippen LogP contribution in [0.2, 0.25) is 0 Å². The maximum atomic E-state index is 2.25. The molecule has 0 amide bonds. The Labute approximate surface area is 64.6 Å². The molecule has 58 valence electrons. The third-order valence-electron chi connectivity index (χ3n) is 1.56. The van der Waals surface area contributed by atoms with Crippen molar-refractivity contribution in [2.45, 2.75) is 40.0 Å². The lowest BCUT2D eigenvalue weighted by atomic mass is 10.2. The summed E-state index contributed by atoms with van der Waals surface area (Å²) < 4.78 is 0. The molecule has 0 unspecified atom stereocenters. The zero-order valence-corrected chi connectivity index (χ0v) is 7.35. The summed E-state index contributed by atoms with van der Waals surface area (Å²) in [6.45, 7) is 6.41. The van der Waals surface area contributed by atoms with Crippen LogP contribution in [-0.2, 0) is 0 Å². The van der Waals surface area contributed by atoms with Gasteiger partial charge in [0.15, 0.2) is 0 Å². The molecule has 0 heterocycles. The SMILES string of the molecule is CC=C(C)C=CCCCC. The van der Waals surface area contributed by atoms with Gasteiger partial charge in [-0.15, -0.1) is 0 Å². The Morgan fingerprint density at radius 1 is 1.40 bits per heavy atom. The quantitative estimate of drug-likeness (QED) is 0.410. The Bertz CT molecular complexity index is 118. The van der Waals surface area contributed by atoms with Crippen molar-refractivity contribution in [1.82, 2.24) is 0 Å². The molecule has 0 atom stereocenters. The lowest BCUT2D eigenvalue weighted by molar-refractivity contribution is 0.814. The van der Waals surface area contributed by atoms with Crippen LogP contribution in [0.25, 0.3) is 0 Å². The predicted octanol–water partition coefficient (Wildman–Crippen LogP) is 3.70. The van der Waals surface area contributed by atoms with E-state index in [2.05, 4.69) is 39.0 Å². The van der Waals surface area contributed by atoms with E-state index in [-0.39, 0.29) is 0 Å². The van der Waals surface area contributed by atoms with Gasteiger partial charge in [0.1, 0.15) is 0 Å². The van der Waals surface area contributed by atoms with E-state index in [0.717, 1.165) is 0 Å². The summed E-state index contributed by atoms with van der Waals surface area (Å²) in [6.07, 6.45) is 10.4. The van der Waals surface area contributed by atoms with Gasteiger partial charge in [-0.1, -0.05) is 43.6 Å². The molecule has 10 heavy (non-hydrogen) atoms. The summed E-state index contributed by atoms with van der Waals surface area (Å²) >= 11 is 0. The van der Waals surface area contributed by atoms with Crippen molar-refractivity contribution in [2.75, 3.05) is 0 Å². The molecule has 0 aliphatic heterocycles. The van der Waals surface area contributed by atoms with Crippen LogP contribution in [-0.4, -0.2) is 0 Å². The summed E-state index contributed by atoms with van der Waals surface area (Å²) in [7, 11) is 0.